The first-order valence-electron chi connectivity index (χ1n) is 5.43. The highest BCUT2D eigenvalue weighted by molar-refractivity contribution is 6.08. The lowest BCUT2D eigenvalue weighted by atomic mass is 10.0. The molecule has 0 aliphatic heterocycles. The lowest BCUT2D eigenvalue weighted by Gasteiger charge is -2.02. The lowest BCUT2D eigenvalue weighted by molar-refractivity contribution is -0.138. The van der Waals surface area contributed by atoms with Crippen LogP contribution in [-0.4, -0.2) is 29.8 Å². The lowest BCUT2D eigenvalue weighted by Crippen LogP contribution is -2.09. The molecule has 0 amide bonds. The van der Waals surface area contributed by atoms with Crippen molar-refractivity contribution in [3.8, 4) is 5.75 Å². The predicted molar refractivity (Wildman–Crippen MR) is 63.8 cm³/mol. The molecule has 0 unspecified atom stereocenters. The van der Waals surface area contributed by atoms with Gasteiger partial charge in [-0.3, -0.25) is 14.4 Å². The third kappa shape index (κ3) is 4.37. The number of methoxy groups -OCH3 is 1. The van der Waals surface area contributed by atoms with E-state index in [1.807, 2.05) is 0 Å². The molecule has 0 spiro atoms. The number of Topliss-reactive ketones (excluding diaryl/α,β-unsaturated/α-hetero) is 2. The molecule has 0 aliphatic carbocycles. The number of rotatable bonds is 7. The topological polar surface area (TPSA) is 80.7 Å². The van der Waals surface area contributed by atoms with Crippen molar-refractivity contribution < 1.29 is 24.2 Å². The fraction of sp³-hybridized carbons (Fsp3) is 0.308. The molecule has 5 heteroatoms. The molecule has 0 atom stereocenters. The van der Waals surface area contributed by atoms with Crippen LogP contribution in [0, 0.1) is 0 Å². The Bertz CT molecular complexity index is 447. The van der Waals surface area contributed by atoms with E-state index in [2.05, 4.69) is 0 Å². The van der Waals surface area contributed by atoms with Crippen LogP contribution in [0.1, 0.15) is 29.6 Å². The van der Waals surface area contributed by atoms with Crippen molar-refractivity contribution in [3.63, 3.8) is 0 Å². The van der Waals surface area contributed by atoms with Crippen molar-refractivity contribution in [2.45, 2.75) is 19.3 Å². The van der Waals surface area contributed by atoms with Gasteiger partial charge in [0.15, 0.2) is 5.78 Å². The van der Waals surface area contributed by atoms with Crippen molar-refractivity contribution in [3.05, 3.63) is 29.8 Å². The molecular formula is C13H14O5. The Morgan fingerprint density at radius 3 is 2.22 bits per heavy atom. The Kier molecular flexibility index (Phi) is 5.05. The maximum absolute atomic E-state index is 11.7. The number of aliphatic carboxylic acids is 1. The number of hydrogen-bond acceptors (Lipinski definition) is 4. The van der Waals surface area contributed by atoms with Gasteiger partial charge in [-0.1, -0.05) is 0 Å². The molecule has 0 aromatic heterocycles. The first kappa shape index (κ1) is 13.9. The molecule has 0 saturated carbocycles. The Hall–Kier alpha value is -2.17. The molecule has 1 aromatic carbocycles. The molecule has 0 saturated heterocycles. The number of carboxylic acids is 1. The van der Waals surface area contributed by atoms with Crippen LogP contribution in [0.15, 0.2) is 24.3 Å². The third-order valence-electron chi connectivity index (χ3n) is 2.39. The average molecular weight is 250 g/mol. The van der Waals surface area contributed by atoms with Crippen molar-refractivity contribution in [1.29, 1.82) is 0 Å². The SMILES string of the molecule is COc1ccc(C(=O)CC(=O)CCC(=O)O)cc1. The third-order valence-corrected chi connectivity index (χ3v) is 2.39. The smallest absolute Gasteiger partial charge is 0.303 e. The zero-order chi connectivity index (χ0) is 13.5. The van der Waals surface area contributed by atoms with Crippen molar-refractivity contribution >= 4 is 17.5 Å². The van der Waals surface area contributed by atoms with Gasteiger partial charge in [-0.25, -0.2) is 0 Å². The highest BCUT2D eigenvalue weighted by Gasteiger charge is 2.13. The fourth-order valence-electron chi connectivity index (χ4n) is 1.39. The number of carbonyl (C=O) groups excluding carboxylic acids is 2. The van der Waals surface area contributed by atoms with E-state index in [9.17, 15) is 14.4 Å². The Labute approximate surface area is 104 Å². The van der Waals surface area contributed by atoms with Crippen LogP contribution >= 0.6 is 0 Å². The Morgan fingerprint density at radius 1 is 1.11 bits per heavy atom. The first-order chi connectivity index (χ1) is 8.52. The summed E-state index contributed by atoms with van der Waals surface area (Å²) in [5.41, 5.74) is 0.416. The monoisotopic (exact) mass is 250 g/mol. The van der Waals surface area contributed by atoms with Gasteiger partial charge in [0.05, 0.1) is 20.0 Å². The van der Waals surface area contributed by atoms with Gasteiger partial charge in [0.1, 0.15) is 11.5 Å². The van der Waals surface area contributed by atoms with Crippen LogP contribution < -0.4 is 4.74 Å². The van der Waals surface area contributed by atoms with E-state index >= 15 is 0 Å². The summed E-state index contributed by atoms with van der Waals surface area (Å²) in [4.78, 5) is 33.3. The summed E-state index contributed by atoms with van der Waals surface area (Å²) in [6, 6.07) is 6.42. The summed E-state index contributed by atoms with van der Waals surface area (Å²) in [5, 5.41) is 8.42. The quantitative estimate of drug-likeness (QED) is 0.588. The molecule has 1 N–H and O–H groups in total. The second-order valence-corrected chi connectivity index (χ2v) is 3.76. The van der Waals surface area contributed by atoms with E-state index in [0.29, 0.717) is 11.3 Å². The van der Waals surface area contributed by atoms with Crippen molar-refractivity contribution in [2.24, 2.45) is 0 Å². The number of ketones is 2. The standard InChI is InChI=1S/C13H14O5/c1-18-11-5-2-9(3-6-11)12(15)8-10(14)4-7-13(16)17/h2-3,5-6H,4,7-8H2,1H3,(H,16,17). The second kappa shape index (κ2) is 6.54. The molecule has 18 heavy (non-hydrogen) atoms. The Balaban J connectivity index is 2.53. The number of carbonyl (C=O) groups is 3. The molecular weight excluding hydrogens is 236 g/mol. The summed E-state index contributed by atoms with van der Waals surface area (Å²) in [6.45, 7) is 0. The number of carboxylic acid groups (broad SMARTS) is 1. The minimum absolute atomic E-state index is 0.114. The minimum Gasteiger partial charge on any atom is -0.497 e. The number of benzene rings is 1. The van der Waals surface area contributed by atoms with E-state index in [1.165, 1.54) is 7.11 Å². The van der Waals surface area contributed by atoms with Gasteiger partial charge in [0, 0.05) is 12.0 Å². The zero-order valence-corrected chi connectivity index (χ0v) is 10.0. The van der Waals surface area contributed by atoms with E-state index in [1.54, 1.807) is 24.3 Å². The van der Waals surface area contributed by atoms with E-state index in [-0.39, 0.29) is 30.8 Å². The molecule has 1 aromatic rings. The molecule has 96 valence electrons. The van der Waals surface area contributed by atoms with Crippen LogP contribution in [0.4, 0.5) is 0 Å². The molecule has 5 nitrogen and oxygen atoms in total. The fourth-order valence-corrected chi connectivity index (χ4v) is 1.39. The molecule has 1 rings (SSSR count). The molecule has 0 fully saturated rings. The van der Waals surface area contributed by atoms with E-state index in [4.69, 9.17) is 9.84 Å². The van der Waals surface area contributed by atoms with Crippen LogP contribution in [0.5, 0.6) is 5.75 Å². The van der Waals surface area contributed by atoms with Crippen LogP contribution in [0.2, 0.25) is 0 Å². The summed E-state index contributed by atoms with van der Waals surface area (Å²) in [5.74, 6) is -1.09. The summed E-state index contributed by atoms with van der Waals surface area (Å²) < 4.78 is 4.95. The maximum atomic E-state index is 11.7. The first-order valence-corrected chi connectivity index (χ1v) is 5.43. The number of ether oxygens (including phenoxy) is 1. The van der Waals surface area contributed by atoms with Crippen LogP contribution in [0.25, 0.3) is 0 Å². The summed E-state index contributed by atoms with van der Waals surface area (Å²) in [7, 11) is 1.52. The highest BCUT2D eigenvalue weighted by Crippen LogP contribution is 2.13. The van der Waals surface area contributed by atoms with Gasteiger partial charge in [-0.2, -0.15) is 0 Å². The average Bonchev–Trinajstić information content (AvgIpc) is 2.36. The highest BCUT2D eigenvalue weighted by atomic mass is 16.5. The molecule has 0 radical (unpaired) electrons. The minimum atomic E-state index is -1.04. The molecule has 0 aliphatic rings. The van der Waals surface area contributed by atoms with Gasteiger partial charge in [0.25, 0.3) is 0 Å². The van der Waals surface area contributed by atoms with Crippen LogP contribution in [-0.2, 0) is 9.59 Å². The van der Waals surface area contributed by atoms with Gasteiger partial charge >= 0.3 is 5.97 Å². The summed E-state index contributed by atoms with van der Waals surface area (Å²) >= 11 is 0. The van der Waals surface area contributed by atoms with Gasteiger partial charge in [0.2, 0.25) is 0 Å². The van der Waals surface area contributed by atoms with Gasteiger partial charge in [-0.15, -0.1) is 0 Å². The van der Waals surface area contributed by atoms with Crippen molar-refractivity contribution in [1.82, 2.24) is 0 Å². The van der Waals surface area contributed by atoms with Crippen molar-refractivity contribution in [2.75, 3.05) is 7.11 Å². The predicted octanol–water partition coefficient (Wildman–Crippen LogP) is 1.70. The number of hydrogen-bond donors (Lipinski definition) is 1. The van der Waals surface area contributed by atoms with Gasteiger partial charge in [-0.05, 0) is 24.3 Å². The van der Waals surface area contributed by atoms with Crippen LogP contribution in [0.3, 0.4) is 0 Å². The maximum Gasteiger partial charge on any atom is 0.303 e. The van der Waals surface area contributed by atoms with E-state index < -0.39 is 5.97 Å². The normalized spacial score (nSPS) is 9.83. The second-order valence-electron chi connectivity index (χ2n) is 3.76. The van der Waals surface area contributed by atoms with E-state index in [0.717, 1.165) is 0 Å². The summed E-state index contributed by atoms with van der Waals surface area (Å²) in [6.07, 6.45) is -0.619. The molecule has 0 bridgehead atoms. The largest absolute Gasteiger partial charge is 0.497 e. The molecule has 0 heterocycles. The zero-order valence-electron chi connectivity index (χ0n) is 10.0. The van der Waals surface area contributed by atoms with Gasteiger partial charge < -0.3 is 9.84 Å². The Morgan fingerprint density at radius 2 is 1.72 bits per heavy atom.